The number of nitrogens with zero attached hydrogens (tertiary/aromatic N) is 1. The largest absolute Gasteiger partial charge is 0.488 e. The number of ether oxygens (including phenoxy) is 1. The van der Waals surface area contributed by atoms with Gasteiger partial charge in [-0.05, 0) is 101 Å². The van der Waals surface area contributed by atoms with E-state index in [1.807, 2.05) is 74.5 Å². The van der Waals surface area contributed by atoms with Crippen molar-refractivity contribution >= 4 is 84.7 Å². The van der Waals surface area contributed by atoms with Crippen molar-refractivity contribution in [3.05, 3.63) is 94.8 Å². The fraction of sp³-hybridized carbons (Fsp3) is 0.120. The third-order valence-electron chi connectivity index (χ3n) is 4.90. The Morgan fingerprint density at radius 2 is 1.88 bits per heavy atom. The number of aryl methyl sites for hydroxylation is 2. The standard InChI is InChI=1S/C25H19BrClIN2O2S/c1-14-9-18(10-15(2)23(14)26)29-25-30-24(31)22(33-25)12-16-7-8-21(20(28)11-16)32-13-17-5-3-4-6-19(17)27/h3-12H,13H2,1-2H3,(H,29,30,31)/b22-12-. The SMILES string of the molecule is Cc1cc(N=C2NC(=O)/C(=C/c3ccc(OCc4ccccc4Cl)c(I)c3)S2)cc(C)c1Br. The van der Waals surface area contributed by atoms with Crippen LogP contribution in [-0.2, 0) is 11.4 Å². The Hall–Kier alpha value is -1.81. The molecular formula is C25H19BrClIN2O2S. The third kappa shape index (κ3) is 6.01. The van der Waals surface area contributed by atoms with E-state index in [1.54, 1.807) is 0 Å². The van der Waals surface area contributed by atoms with E-state index < -0.39 is 0 Å². The molecule has 33 heavy (non-hydrogen) atoms. The predicted octanol–water partition coefficient (Wildman–Crippen LogP) is 7.79. The molecule has 0 radical (unpaired) electrons. The summed E-state index contributed by atoms with van der Waals surface area (Å²) in [5.41, 5.74) is 4.87. The number of amidine groups is 1. The van der Waals surface area contributed by atoms with Gasteiger partial charge in [0.25, 0.3) is 5.91 Å². The summed E-state index contributed by atoms with van der Waals surface area (Å²) in [6.07, 6.45) is 1.86. The van der Waals surface area contributed by atoms with Crippen LogP contribution in [0.2, 0.25) is 5.02 Å². The Bertz CT molecular complexity index is 1290. The van der Waals surface area contributed by atoms with E-state index in [0.717, 1.165) is 41.7 Å². The van der Waals surface area contributed by atoms with Crippen LogP contribution in [0.5, 0.6) is 5.75 Å². The highest BCUT2D eigenvalue weighted by Gasteiger charge is 2.24. The molecule has 4 rings (SSSR count). The van der Waals surface area contributed by atoms with Crippen molar-refractivity contribution in [1.82, 2.24) is 5.32 Å². The molecule has 168 valence electrons. The van der Waals surface area contributed by atoms with E-state index >= 15 is 0 Å². The second-order valence-electron chi connectivity index (χ2n) is 7.45. The fourth-order valence-electron chi connectivity index (χ4n) is 3.23. The average Bonchev–Trinajstić information content (AvgIpc) is 3.11. The van der Waals surface area contributed by atoms with Gasteiger partial charge >= 0.3 is 0 Å². The number of carbonyl (C=O) groups is 1. The number of hydrogen-bond donors (Lipinski definition) is 1. The van der Waals surface area contributed by atoms with Crippen LogP contribution in [0.4, 0.5) is 5.69 Å². The van der Waals surface area contributed by atoms with Crippen LogP contribution in [0, 0.1) is 17.4 Å². The lowest BCUT2D eigenvalue weighted by molar-refractivity contribution is -0.115. The molecule has 8 heteroatoms. The average molecular weight is 654 g/mol. The molecule has 1 amide bonds. The molecule has 4 nitrogen and oxygen atoms in total. The zero-order valence-electron chi connectivity index (χ0n) is 17.8. The second-order valence-corrected chi connectivity index (χ2v) is 10.8. The highest BCUT2D eigenvalue weighted by atomic mass is 127. The van der Waals surface area contributed by atoms with Gasteiger partial charge in [0.15, 0.2) is 5.17 Å². The van der Waals surface area contributed by atoms with Gasteiger partial charge in [-0.2, -0.15) is 0 Å². The molecule has 1 aliphatic rings. The first kappa shape index (κ1) is 24.3. The molecule has 0 spiro atoms. The van der Waals surface area contributed by atoms with Gasteiger partial charge in [-0.1, -0.05) is 51.8 Å². The van der Waals surface area contributed by atoms with Crippen LogP contribution >= 0.6 is 61.9 Å². The Kier molecular flexibility index (Phi) is 7.83. The maximum Gasteiger partial charge on any atom is 0.264 e. The van der Waals surface area contributed by atoms with Gasteiger partial charge in [-0.15, -0.1) is 0 Å². The molecule has 1 fully saturated rings. The topological polar surface area (TPSA) is 50.7 Å². The van der Waals surface area contributed by atoms with E-state index in [0.29, 0.717) is 21.7 Å². The van der Waals surface area contributed by atoms with Gasteiger partial charge in [-0.3, -0.25) is 4.79 Å². The van der Waals surface area contributed by atoms with Crippen molar-refractivity contribution in [3.8, 4) is 5.75 Å². The van der Waals surface area contributed by atoms with Crippen LogP contribution in [0.15, 0.2) is 69.0 Å². The third-order valence-corrected chi connectivity index (χ3v) is 8.27. The minimum Gasteiger partial charge on any atom is -0.488 e. The summed E-state index contributed by atoms with van der Waals surface area (Å²) in [5, 5.41) is 4.11. The first-order valence-corrected chi connectivity index (χ1v) is 13.1. The zero-order chi connectivity index (χ0) is 23.5. The van der Waals surface area contributed by atoms with Gasteiger partial charge < -0.3 is 10.1 Å². The van der Waals surface area contributed by atoms with E-state index in [4.69, 9.17) is 16.3 Å². The summed E-state index contributed by atoms with van der Waals surface area (Å²) < 4.78 is 7.97. The van der Waals surface area contributed by atoms with Gasteiger partial charge in [-0.25, -0.2) is 4.99 Å². The van der Waals surface area contributed by atoms with Crippen molar-refractivity contribution in [3.63, 3.8) is 0 Å². The van der Waals surface area contributed by atoms with Gasteiger partial charge in [0, 0.05) is 15.1 Å². The molecule has 1 N–H and O–H groups in total. The van der Waals surface area contributed by atoms with Crippen molar-refractivity contribution in [1.29, 1.82) is 0 Å². The summed E-state index contributed by atoms with van der Waals surface area (Å²) in [6, 6.07) is 17.4. The number of rotatable bonds is 5. The molecule has 1 saturated heterocycles. The highest BCUT2D eigenvalue weighted by Crippen LogP contribution is 2.32. The lowest BCUT2D eigenvalue weighted by Crippen LogP contribution is -2.19. The Morgan fingerprint density at radius 3 is 2.58 bits per heavy atom. The molecular weight excluding hydrogens is 635 g/mol. The summed E-state index contributed by atoms with van der Waals surface area (Å²) in [6.45, 7) is 4.44. The van der Waals surface area contributed by atoms with Crippen LogP contribution < -0.4 is 10.1 Å². The van der Waals surface area contributed by atoms with Gasteiger partial charge in [0.05, 0.1) is 14.2 Å². The molecule has 0 aliphatic carbocycles. The first-order valence-electron chi connectivity index (χ1n) is 10.0. The van der Waals surface area contributed by atoms with Crippen molar-refractivity contribution < 1.29 is 9.53 Å². The van der Waals surface area contributed by atoms with Crippen LogP contribution in [-0.4, -0.2) is 11.1 Å². The monoisotopic (exact) mass is 652 g/mol. The molecule has 0 atom stereocenters. The minimum atomic E-state index is -0.154. The number of amides is 1. The van der Waals surface area contributed by atoms with E-state index in [1.165, 1.54) is 11.8 Å². The van der Waals surface area contributed by atoms with E-state index in [2.05, 4.69) is 48.8 Å². The lowest BCUT2D eigenvalue weighted by Gasteiger charge is -2.10. The van der Waals surface area contributed by atoms with Crippen molar-refractivity contribution in [2.45, 2.75) is 20.5 Å². The van der Waals surface area contributed by atoms with Crippen LogP contribution in [0.3, 0.4) is 0 Å². The summed E-state index contributed by atoms with van der Waals surface area (Å²) >= 11 is 13.3. The number of hydrogen-bond acceptors (Lipinski definition) is 4. The Balaban J connectivity index is 1.48. The number of benzene rings is 3. The molecule has 1 heterocycles. The van der Waals surface area contributed by atoms with Crippen molar-refractivity contribution in [2.75, 3.05) is 0 Å². The number of halogens is 3. The molecule has 0 bridgehead atoms. The second kappa shape index (κ2) is 10.6. The van der Waals surface area contributed by atoms with Gasteiger partial charge in [0.2, 0.25) is 0 Å². The highest BCUT2D eigenvalue weighted by molar-refractivity contribution is 14.1. The number of carbonyl (C=O) groups excluding carboxylic acids is 1. The van der Waals surface area contributed by atoms with E-state index in [-0.39, 0.29) is 5.91 Å². The number of aliphatic imine (C=N–C) groups is 1. The minimum absolute atomic E-state index is 0.154. The zero-order valence-corrected chi connectivity index (χ0v) is 23.1. The number of nitrogens with one attached hydrogen (secondary N) is 1. The molecule has 0 unspecified atom stereocenters. The Labute approximate surface area is 224 Å². The summed E-state index contributed by atoms with van der Waals surface area (Å²) in [5.74, 6) is 0.614. The molecule has 0 saturated carbocycles. The fourth-order valence-corrected chi connectivity index (χ4v) is 5.19. The van der Waals surface area contributed by atoms with Crippen molar-refractivity contribution in [2.24, 2.45) is 4.99 Å². The van der Waals surface area contributed by atoms with Crippen LogP contribution in [0.1, 0.15) is 22.3 Å². The molecule has 3 aromatic rings. The maximum absolute atomic E-state index is 12.5. The van der Waals surface area contributed by atoms with Gasteiger partial charge in [0.1, 0.15) is 12.4 Å². The first-order chi connectivity index (χ1) is 15.8. The summed E-state index contributed by atoms with van der Waals surface area (Å²) in [7, 11) is 0. The smallest absolute Gasteiger partial charge is 0.264 e. The molecule has 0 aromatic heterocycles. The number of thioether (sulfide) groups is 1. The Morgan fingerprint density at radius 1 is 1.15 bits per heavy atom. The predicted molar refractivity (Wildman–Crippen MR) is 149 cm³/mol. The van der Waals surface area contributed by atoms with Crippen LogP contribution in [0.25, 0.3) is 6.08 Å². The quantitative estimate of drug-likeness (QED) is 0.226. The molecule has 3 aromatic carbocycles. The summed E-state index contributed by atoms with van der Waals surface area (Å²) in [4.78, 5) is 17.7. The molecule has 1 aliphatic heterocycles. The normalized spacial score (nSPS) is 15.8. The maximum atomic E-state index is 12.5. The lowest BCUT2D eigenvalue weighted by atomic mass is 10.1. The van der Waals surface area contributed by atoms with E-state index in [9.17, 15) is 4.79 Å².